The van der Waals surface area contributed by atoms with Gasteiger partial charge in [0, 0.05) is 28.5 Å². The molecule has 2 aromatic heterocycles. The van der Waals surface area contributed by atoms with Crippen molar-refractivity contribution in [2.45, 2.75) is 19.3 Å². The molecule has 2 N–H and O–H groups in total. The predicted octanol–water partition coefficient (Wildman–Crippen LogP) is 3.86. The van der Waals surface area contributed by atoms with Crippen molar-refractivity contribution >= 4 is 29.3 Å². The van der Waals surface area contributed by atoms with Crippen LogP contribution in [0.2, 0.25) is 5.02 Å². The van der Waals surface area contributed by atoms with Gasteiger partial charge in [0.1, 0.15) is 5.82 Å². The molecule has 2 aromatic carbocycles. The van der Waals surface area contributed by atoms with Gasteiger partial charge in [0.05, 0.1) is 23.1 Å². The first-order valence-electron chi connectivity index (χ1n) is 10.1. The number of carboxylic acid groups (broad SMARTS) is 1. The zero-order valence-electron chi connectivity index (χ0n) is 17.4. The van der Waals surface area contributed by atoms with Crippen LogP contribution in [0.1, 0.15) is 39.5 Å². The number of hydrogen-bond acceptors (Lipinski definition) is 6. The highest BCUT2D eigenvalue weighted by atomic mass is 35.5. The number of aromatic nitrogens is 5. The van der Waals surface area contributed by atoms with Gasteiger partial charge in [0.25, 0.3) is 5.95 Å². The van der Waals surface area contributed by atoms with Gasteiger partial charge in [-0.05, 0) is 36.8 Å². The summed E-state index contributed by atoms with van der Waals surface area (Å²) < 4.78 is 1.48. The quantitative estimate of drug-likeness (QED) is 0.474. The molecular weight excluding hydrogens is 444 g/mol. The number of rotatable bonds is 4. The summed E-state index contributed by atoms with van der Waals surface area (Å²) in [6, 6.07) is 13.7. The van der Waals surface area contributed by atoms with E-state index in [4.69, 9.17) is 11.6 Å². The zero-order chi connectivity index (χ0) is 23.1. The topological polar surface area (TPSA) is 123 Å². The molecule has 0 unspecified atom stereocenters. The molecule has 1 atom stereocenters. The predicted molar refractivity (Wildman–Crippen MR) is 121 cm³/mol. The van der Waals surface area contributed by atoms with Crippen LogP contribution in [0.5, 0.6) is 0 Å². The Morgan fingerprint density at radius 2 is 1.88 bits per heavy atom. The Kier molecular flexibility index (Phi) is 5.10. The van der Waals surface area contributed by atoms with Crippen molar-refractivity contribution in [3.8, 4) is 17.2 Å². The third kappa shape index (κ3) is 3.83. The summed E-state index contributed by atoms with van der Waals surface area (Å²) in [5.74, 6) is -0.770. The molecule has 5 rings (SSSR count). The maximum atomic E-state index is 12.6. The number of nitrogens with one attached hydrogen (secondary N) is 1. The Labute approximate surface area is 193 Å². The van der Waals surface area contributed by atoms with E-state index in [-0.39, 0.29) is 29.8 Å². The van der Waals surface area contributed by atoms with E-state index in [9.17, 15) is 14.7 Å². The lowest BCUT2D eigenvalue weighted by atomic mass is 9.85. The molecule has 9 nitrogen and oxygen atoms in total. The van der Waals surface area contributed by atoms with Crippen LogP contribution in [0, 0.1) is 6.92 Å². The van der Waals surface area contributed by atoms with Crippen molar-refractivity contribution in [1.82, 2.24) is 25.0 Å². The molecule has 33 heavy (non-hydrogen) atoms. The second kappa shape index (κ2) is 8.10. The first kappa shape index (κ1) is 20.8. The smallest absolute Gasteiger partial charge is 0.335 e. The number of aryl methyl sites for hydroxylation is 1. The van der Waals surface area contributed by atoms with Crippen molar-refractivity contribution in [3.63, 3.8) is 0 Å². The second-order valence-corrected chi connectivity index (χ2v) is 8.08. The van der Waals surface area contributed by atoms with Crippen LogP contribution >= 0.6 is 11.6 Å². The number of carbonyl (C=O) groups is 2. The minimum Gasteiger partial charge on any atom is -0.478 e. The lowest BCUT2D eigenvalue weighted by Gasteiger charge is -2.24. The van der Waals surface area contributed by atoms with E-state index in [0.717, 1.165) is 16.7 Å². The molecule has 0 fully saturated rings. The number of benzene rings is 2. The Balaban J connectivity index is 1.58. The standard InChI is InChI=1S/C23H17ClN6O3/c1-12-20-17(13-2-4-15(5-3-13)22(32)33)10-19(31)27-21(20)30(29-12)23-26-18(11-25-28-23)14-6-8-16(24)9-7-14/h2-9,11,17H,10H2,1H3,(H,27,31)(H,32,33)/t17-/m0/s1. The van der Waals surface area contributed by atoms with Gasteiger partial charge in [-0.2, -0.15) is 14.9 Å². The summed E-state index contributed by atoms with van der Waals surface area (Å²) in [6.07, 6.45) is 1.76. The fourth-order valence-corrected chi connectivity index (χ4v) is 4.10. The van der Waals surface area contributed by atoms with Gasteiger partial charge in [0.2, 0.25) is 5.91 Å². The fraction of sp³-hybridized carbons (Fsp3) is 0.130. The number of fused-ring (bicyclic) bond motifs is 1. The van der Waals surface area contributed by atoms with Gasteiger partial charge >= 0.3 is 5.97 Å². The van der Waals surface area contributed by atoms with E-state index in [0.29, 0.717) is 22.2 Å². The van der Waals surface area contributed by atoms with Crippen molar-refractivity contribution in [2.24, 2.45) is 0 Å². The molecule has 1 aliphatic heterocycles. The maximum absolute atomic E-state index is 12.6. The van der Waals surface area contributed by atoms with Gasteiger partial charge in [-0.15, -0.1) is 5.10 Å². The molecule has 0 aliphatic carbocycles. The van der Waals surface area contributed by atoms with E-state index in [2.05, 4.69) is 25.6 Å². The third-order valence-corrected chi connectivity index (χ3v) is 5.79. The van der Waals surface area contributed by atoms with Crippen LogP contribution < -0.4 is 5.32 Å². The molecular formula is C23H17ClN6O3. The highest BCUT2D eigenvalue weighted by Crippen LogP contribution is 2.40. The summed E-state index contributed by atoms with van der Waals surface area (Å²) in [5.41, 5.74) is 3.95. The van der Waals surface area contributed by atoms with Crippen LogP contribution in [-0.4, -0.2) is 41.9 Å². The number of anilines is 1. The van der Waals surface area contributed by atoms with Gasteiger partial charge in [-0.1, -0.05) is 35.9 Å². The van der Waals surface area contributed by atoms with Crippen molar-refractivity contribution < 1.29 is 14.7 Å². The Hall–Kier alpha value is -4.11. The van der Waals surface area contributed by atoms with Crippen LogP contribution in [0.3, 0.4) is 0 Å². The SMILES string of the molecule is Cc1nn(-c2nncc(-c3ccc(Cl)cc3)n2)c2c1[C@H](c1ccc(C(=O)O)cc1)CC(=O)N2. The number of halogens is 1. The van der Waals surface area contributed by atoms with Crippen LogP contribution in [0.15, 0.2) is 54.7 Å². The minimum atomic E-state index is -1.00. The lowest BCUT2D eigenvalue weighted by molar-refractivity contribution is -0.116. The van der Waals surface area contributed by atoms with Gasteiger partial charge in [-0.25, -0.2) is 9.78 Å². The zero-order valence-corrected chi connectivity index (χ0v) is 18.1. The summed E-state index contributed by atoms with van der Waals surface area (Å²) >= 11 is 5.98. The molecule has 1 aliphatic rings. The van der Waals surface area contributed by atoms with Gasteiger partial charge in [0.15, 0.2) is 0 Å². The molecule has 1 amide bonds. The molecule has 3 heterocycles. The van der Waals surface area contributed by atoms with Gasteiger partial charge < -0.3 is 10.4 Å². The molecule has 0 radical (unpaired) electrons. The first-order valence-corrected chi connectivity index (χ1v) is 10.5. The Morgan fingerprint density at radius 3 is 2.58 bits per heavy atom. The van der Waals surface area contributed by atoms with Crippen molar-refractivity contribution in [3.05, 3.63) is 82.1 Å². The Morgan fingerprint density at radius 1 is 1.15 bits per heavy atom. The summed E-state index contributed by atoms with van der Waals surface area (Å²) in [5, 5.41) is 25.5. The second-order valence-electron chi connectivity index (χ2n) is 7.64. The monoisotopic (exact) mass is 460 g/mol. The number of nitrogens with zero attached hydrogens (tertiary/aromatic N) is 5. The number of carboxylic acids is 1. The largest absolute Gasteiger partial charge is 0.478 e. The van der Waals surface area contributed by atoms with Crippen LogP contribution in [-0.2, 0) is 4.79 Å². The molecule has 0 saturated heterocycles. The van der Waals surface area contributed by atoms with E-state index >= 15 is 0 Å². The summed E-state index contributed by atoms with van der Waals surface area (Å²) in [7, 11) is 0. The molecule has 0 spiro atoms. The third-order valence-electron chi connectivity index (χ3n) is 5.54. The van der Waals surface area contributed by atoms with E-state index in [1.54, 1.807) is 30.5 Å². The number of carbonyl (C=O) groups excluding carboxylic acids is 1. The van der Waals surface area contributed by atoms with E-state index in [1.807, 2.05) is 19.1 Å². The molecule has 0 bridgehead atoms. The van der Waals surface area contributed by atoms with Crippen molar-refractivity contribution in [2.75, 3.05) is 5.32 Å². The van der Waals surface area contributed by atoms with E-state index in [1.165, 1.54) is 16.8 Å². The number of aromatic carboxylic acids is 1. The molecule has 4 aromatic rings. The highest BCUT2D eigenvalue weighted by Gasteiger charge is 2.33. The molecule has 164 valence electrons. The average Bonchev–Trinajstić information content (AvgIpc) is 3.15. The number of amides is 1. The fourth-order valence-electron chi connectivity index (χ4n) is 3.98. The normalized spacial score (nSPS) is 15.1. The molecule has 10 heteroatoms. The highest BCUT2D eigenvalue weighted by molar-refractivity contribution is 6.30. The minimum absolute atomic E-state index is 0.183. The summed E-state index contributed by atoms with van der Waals surface area (Å²) in [6.45, 7) is 1.85. The van der Waals surface area contributed by atoms with Gasteiger partial charge in [-0.3, -0.25) is 4.79 Å². The lowest BCUT2D eigenvalue weighted by Crippen LogP contribution is -2.25. The van der Waals surface area contributed by atoms with Crippen LogP contribution in [0.4, 0.5) is 5.82 Å². The van der Waals surface area contributed by atoms with Crippen LogP contribution in [0.25, 0.3) is 17.2 Å². The maximum Gasteiger partial charge on any atom is 0.335 e. The number of hydrogen-bond donors (Lipinski definition) is 2. The summed E-state index contributed by atoms with van der Waals surface area (Å²) in [4.78, 5) is 28.4. The van der Waals surface area contributed by atoms with Crippen molar-refractivity contribution in [1.29, 1.82) is 0 Å². The Bertz CT molecular complexity index is 1380. The van der Waals surface area contributed by atoms with E-state index < -0.39 is 5.97 Å². The average molecular weight is 461 g/mol. The molecule has 0 saturated carbocycles. The first-order chi connectivity index (χ1) is 15.9.